The third kappa shape index (κ3) is 1.54. The van der Waals surface area contributed by atoms with Gasteiger partial charge in [0.25, 0.3) is 0 Å². The molecule has 0 saturated heterocycles. The molecule has 0 unspecified atom stereocenters. The average Bonchev–Trinajstić information content (AvgIpc) is 2.87. The third-order valence-corrected chi connectivity index (χ3v) is 2.38. The lowest BCUT2D eigenvalue weighted by atomic mass is 10.1. The van der Waals surface area contributed by atoms with Crippen molar-refractivity contribution in [2.24, 2.45) is 0 Å². The number of aromatic nitrogens is 2. The Balaban J connectivity index is 1.87. The summed E-state index contributed by atoms with van der Waals surface area (Å²) in [6, 6.07) is 5.96. The van der Waals surface area contributed by atoms with Gasteiger partial charge in [-0.1, -0.05) is 6.07 Å². The smallest absolute Gasteiger partial charge is 0.231 e. The van der Waals surface area contributed by atoms with Crippen LogP contribution in [0, 0.1) is 0 Å². The van der Waals surface area contributed by atoms with Gasteiger partial charge >= 0.3 is 0 Å². The Kier molecular flexibility index (Phi) is 1.84. The quantitative estimate of drug-likeness (QED) is 0.806. The minimum Gasteiger partial charge on any atom is -0.454 e. The van der Waals surface area contributed by atoms with Gasteiger partial charge in [0.15, 0.2) is 11.5 Å². The van der Waals surface area contributed by atoms with Crippen LogP contribution in [0.5, 0.6) is 11.5 Å². The zero-order valence-electron chi connectivity index (χ0n) is 8.06. The molecule has 0 radical (unpaired) electrons. The van der Waals surface area contributed by atoms with Crippen LogP contribution >= 0.6 is 0 Å². The molecular formula is C11H10N2O2. The van der Waals surface area contributed by atoms with E-state index in [0.717, 1.165) is 23.6 Å². The van der Waals surface area contributed by atoms with Crippen molar-refractivity contribution in [2.45, 2.75) is 6.42 Å². The summed E-state index contributed by atoms with van der Waals surface area (Å²) in [5.74, 6) is 1.64. The molecule has 4 nitrogen and oxygen atoms in total. The van der Waals surface area contributed by atoms with Gasteiger partial charge in [0, 0.05) is 12.6 Å². The molecule has 0 spiro atoms. The van der Waals surface area contributed by atoms with Crippen LogP contribution < -0.4 is 9.47 Å². The zero-order chi connectivity index (χ0) is 10.1. The predicted molar refractivity (Wildman–Crippen MR) is 54.0 cm³/mol. The molecule has 0 atom stereocenters. The zero-order valence-corrected chi connectivity index (χ0v) is 8.06. The highest BCUT2D eigenvalue weighted by molar-refractivity contribution is 5.45. The van der Waals surface area contributed by atoms with Crippen molar-refractivity contribution in [1.82, 2.24) is 9.97 Å². The second-order valence-electron chi connectivity index (χ2n) is 3.42. The van der Waals surface area contributed by atoms with Crippen LogP contribution in [0.3, 0.4) is 0 Å². The maximum Gasteiger partial charge on any atom is 0.231 e. The number of rotatable bonds is 2. The number of hydrogen-bond acceptors (Lipinski definition) is 3. The van der Waals surface area contributed by atoms with Gasteiger partial charge < -0.3 is 14.5 Å². The van der Waals surface area contributed by atoms with E-state index >= 15 is 0 Å². The number of ether oxygens (including phenoxy) is 2. The molecule has 15 heavy (non-hydrogen) atoms. The van der Waals surface area contributed by atoms with E-state index in [1.807, 2.05) is 24.4 Å². The number of nitrogens with zero attached hydrogens (tertiary/aromatic N) is 1. The molecule has 0 saturated carbocycles. The van der Waals surface area contributed by atoms with Gasteiger partial charge in [-0.15, -0.1) is 0 Å². The number of benzene rings is 1. The fourth-order valence-electron chi connectivity index (χ4n) is 1.65. The number of nitrogens with one attached hydrogen (secondary N) is 1. The molecule has 76 valence electrons. The van der Waals surface area contributed by atoms with Crippen molar-refractivity contribution in [1.29, 1.82) is 0 Å². The summed E-state index contributed by atoms with van der Waals surface area (Å²) in [6.07, 6.45) is 4.38. The van der Waals surface area contributed by atoms with Crippen LogP contribution in [0.25, 0.3) is 0 Å². The Morgan fingerprint density at radius 1 is 1.27 bits per heavy atom. The molecule has 0 fully saturated rings. The fraction of sp³-hybridized carbons (Fsp3) is 0.182. The van der Waals surface area contributed by atoms with Crippen LogP contribution in [0.2, 0.25) is 0 Å². The Morgan fingerprint density at radius 3 is 3.07 bits per heavy atom. The first-order valence-electron chi connectivity index (χ1n) is 4.78. The SMILES string of the molecule is c1nc(Cc2ccc3c(c2)OCO3)c[nH]1. The molecule has 2 heterocycles. The van der Waals surface area contributed by atoms with Gasteiger partial charge in [-0.25, -0.2) is 4.98 Å². The molecule has 0 aliphatic carbocycles. The van der Waals surface area contributed by atoms with Crippen molar-refractivity contribution < 1.29 is 9.47 Å². The summed E-state index contributed by atoms with van der Waals surface area (Å²) in [4.78, 5) is 7.11. The Labute approximate surface area is 86.9 Å². The Bertz CT molecular complexity index is 465. The van der Waals surface area contributed by atoms with E-state index in [2.05, 4.69) is 9.97 Å². The maximum absolute atomic E-state index is 5.31. The number of hydrogen-bond donors (Lipinski definition) is 1. The third-order valence-electron chi connectivity index (χ3n) is 2.38. The number of aromatic amines is 1. The summed E-state index contributed by atoms with van der Waals surface area (Å²) < 4.78 is 10.6. The molecule has 1 aliphatic rings. The van der Waals surface area contributed by atoms with Gasteiger partial charge in [-0.05, 0) is 17.7 Å². The summed E-state index contributed by atoms with van der Waals surface area (Å²) in [5.41, 5.74) is 2.19. The van der Waals surface area contributed by atoms with Gasteiger partial charge in [0.2, 0.25) is 6.79 Å². The standard InChI is InChI=1S/C11H10N2O2/c1-2-10-11(15-7-14-10)4-8(1)3-9-5-12-6-13-9/h1-2,4-6H,3,7H2,(H,12,13). The highest BCUT2D eigenvalue weighted by atomic mass is 16.7. The van der Waals surface area contributed by atoms with E-state index in [1.54, 1.807) is 6.33 Å². The number of fused-ring (bicyclic) bond motifs is 1. The summed E-state index contributed by atoms with van der Waals surface area (Å²) in [5, 5.41) is 0. The van der Waals surface area contributed by atoms with Crippen LogP contribution in [0.1, 0.15) is 11.3 Å². The molecule has 2 aromatic rings. The van der Waals surface area contributed by atoms with E-state index < -0.39 is 0 Å². The van der Waals surface area contributed by atoms with E-state index in [9.17, 15) is 0 Å². The average molecular weight is 202 g/mol. The first-order chi connectivity index (χ1) is 7.42. The van der Waals surface area contributed by atoms with Crippen LogP contribution in [0.4, 0.5) is 0 Å². The second-order valence-corrected chi connectivity index (χ2v) is 3.42. The summed E-state index contributed by atoms with van der Waals surface area (Å²) >= 11 is 0. The lowest BCUT2D eigenvalue weighted by Gasteiger charge is -2.00. The van der Waals surface area contributed by atoms with Crippen LogP contribution in [-0.2, 0) is 6.42 Å². The normalized spacial score (nSPS) is 13.1. The van der Waals surface area contributed by atoms with Crippen molar-refractivity contribution in [3.63, 3.8) is 0 Å². The largest absolute Gasteiger partial charge is 0.454 e. The molecule has 3 rings (SSSR count). The predicted octanol–water partition coefficient (Wildman–Crippen LogP) is 1.73. The van der Waals surface area contributed by atoms with Gasteiger partial charge in [0.1, 0.15) is 0 Å². The molecule has 1 aromatic heterocycles. The lowest BCUT2D eigenvalue weighted by molar-refractivity contribution is 0.174. The first kappa shape index (κ1) is 8.35. The molecule has 0 bridgehead atoms. The topological polar surface area (TPSA) is 47.1 Å². The lowest BCUT2D eigenvalue weighted by Crippen LogP contribution is -1.93. The highest BCUT2D eigenvalue weighted by Crippen LogP contribution is 2.32. The van der Waals surface area contributed by atoms with E-state index in [1.165, 1.54) is 5.56 Å². The van der Waals surface area contributed by atoms with Crippen LogP contribution in [-0.4, -0.2) is 16.8 Å². The number of H-pyrrole nitrogens is 1. The van der Waals surface area contributed by atoms with E-state index in [4.69, 9.17) is 9.47 Å². The molecule has 1 N–H and O–H groups in total. The molecular weight excluding hydrogens is 192 g/mol. The molecule has 1 aromatic carbocycles. The van der Waals surface area contributed by atoms with Crippen molar-refractivity contribution in [3.8, 4) is 11.5 Å². The minimum atomic E-state index is 0.321. The van der Waals surface area contributed by atoms with E-state index in [0.29, 0.717) is 6.79 Å². The second kappa shape index (κ2) is 3.31. The van der Waals surface area contributed by atoms with Gasteiger partial charge in [-0.2, -0.15) is 0 Å². The highest BCUT2D eigenvalue weighted by Gasteiger charge is 2.13. The monoisotopic (exact) mass is 202 g/mol. The van der Waals surface area contributed by atoms with Crippen molar-refractivity contribution in [2.75, 3.05) is 6.79 Å². The van der Waals surface area contributed by atoms with E-state index in [-0.39, 0.29) is 0 Å². The van der Waals surface area contributed by atoms with Gasteiger partial charge in [0.05, 0.1) is 12.0 Å². The molecule has 4 heteroatoms. The molecule has 0 amide bonds. The minimum absolute atomic E-state index is 0.321. The maximum atomic E-state index is 5.31. The van der Waals surface area contributed by atoms with Crippen molar-refractivity contribution in [3.05, 3.63) is 42.0 Å². The Morgan fingerprint density at radius 2 is 2.20 bits per heavy atom. The van der Waals surface area contributed by atoms with Crippen LogP contribution in [0.15, 0.2) is 30.7 Å². The summed E-state index contributed by atoms with van der Waals surface area (Å²) in [7, 11) is 0. The Hall–Kier alpha value is -1.97. The van der Waals surface area contributed by atoms with Gasteiger partial charge in [-0.3, -0.25) is 0 Å². The number of imidazole rings is 1. The molecule has 1 aliphatic heterocycles. The van der Waals surface area contributed by atoms with Crippen molar-refractivity contribution >= 4 is 0 Å². The first-order valence-corrected chi connectivity index (χ1v) is 4.78. The summed E-state index contributed by atoms with van der Waals surface area (Å²) in [6.45, 7) is 0.321. The fourth-order valence-corrected chi connectivity index (χ4v) is 1.65.